The van der Waals surface area contributed by atoms with Crippen LogP contribution in [0.15, 0.2) is 47.1 Å². The number of aliphatic hydroxyl groups is 2. The lowest BCUT2D eigenvalue weighted by atomic mass is 9.70. The van der Waals surface area contributed by atoms with Gasteiger partial charge in [-0.25, -0.2) is 0 Å². The lowest BCUT2D eigenvalue weighted by molar-refractivity contribution is -0.335. The van der Waals surface area contributed by atoms with Crippen molar-refractivity contribution in [3.63, 3.8) is 0 Å². The van der Waals surface area contributed by atoms with E-state index in [0.717, 1.165) is 25.7 Å². The Kier molecular flexibility index (Phi) is 9.53. The largest absolute Gasteiger partial charge is 0.462 e. The van der Waals surface area contributed by atoms with Gasteiger partial charge in [0.15, 0.2) is 12.1 Å². The minimum absolute atomic E-state index is 0.0855. The van der Waals surface area contributed by atoms with Crippen LogP contribution in [0.2, 0.25) is 0 Å². The van der Waals surface area contributed by atoms with Crippen LogP contribution in [0.1, 0.15) is 86.5 Å². The maximum atomic E-state index is 14.1. The van der Waals surface area contributed by atoms with Crippen LogP contribution in [-0.2, 0) is 28.5 Å². The zero-order valence-electron chi connectivity index (χ0n) is 26.1. The summed E-state index contributed by atoms with van der Waals surface area (Å²) in [6, 6.07) is 0. The van der Waals surface area contributed by atoms with Crippen LogP contribution in [0.3, 0.4) is 0 Å². The van der Waals surface area contributed by atoms with Gasteiger partial charge < -0.3 is 33.9 Å². The number of aliphatic hydroxyl groups excluding tert-OH is 1. The molecule has 1 spiro atoms. The van der Waals surface area contributed by atoms with Gasteiger partial charge in [-0.2, -0.15) is 0 Å². The molecule has 42 heavy (non-hydrogen) atoms. The van der Waals surface area contributed by atoms with E-state index in [2.05, 4.69) is 39.8 Å². The molecule has 2 N–H and O–H groups in total. The van der Waals surface area contributed by atoms with Gasteiger partial charge in [-0.15, -0.1) is 0 Å². The molecule has 0 unspecified atom stereocenters. The first-order valence-electron chi connectivity index (χ1n) is 16.0. The van der Waals surface area contributed by atoms with Crippen molar-refractivity contribution in [1.29, 1.82) is 0 Å². The molecule has 5 rings (SSSR count). The molecule has 0 saturated carbocycles. The van der Waals surface area contributed by atoms with Crippen molar-refractivity contribution in [2.45, 2.75) is 135 Å². The minimum atomic E-state index is -1.83. The van der Waals surface area contributed by atoms with Crippen LogP contribution in [0, 0.1) is 17.8 Å². The molecule has 3 saturated heterocycles. The van der Waals surface area contributed by atoms with E-state index in [4.69, 9.17) is 23.7 Å². The van der Waals surface area contributed by atoms with E-state index in [-0.39, 0.29) is 18.1 Å². The maximum Gasteiger partial charge on any atom is 0.316 e. The summed E-state index contributed by atoms with van der Waals surface area (Å²) in [5, 5.41) is 23.4. The number of ether oxygens (including phenoxy) is 5. The maximum absolute atomic E-state index is 14.1. The molecule has 4 heterocycles. The van der Waals surface area contributed by atoms with Crippen molar-refractivity contribution in [2.75, 3.05) is 6.61 Å². The van der Waals surface area contributed by atoms with Gasteiger partial charge in [0.25, 0.3) is 0 Å². The van der Waals surface area contributed by atoms with E-state index in [1.54, 1.807) is 19.1 Å². The molecular weight excluding hydrogens is 536 g/mol. The predicted molar refractivity (Wildman–Crippen MR) is 158 cm³/mol. The standard InChI is InChI=1S/C34H50O8/c1-7-28-22(5)14-15-33(42-28)19-25-18-24(41-33)13-12-21(4)16-20(3)10-9-11-26-32(38-8-2)40-30-29(35)23(6)17-27(31(36)39-25)34(26,30)37/h9-12,17,20,22,24-25,27-30,32,35,37H,7-8,13-16,18-19H2,1-6H3/b10-9+,21-12+,26-11-/t20-,22-,24+,25-,27-,28+,29+,30+,32-,33+,34+/m0/s1. The highest BCUT2D eigenvalue weighted by Gasteiger charge is 2.63. The van der Waals surface area contributed by atoms with Gasteiger partial charge in [0.05, 0.1) is 12.2 Å². The molecule has 8 heteroatoms. The van der Waals surface area contributed by atoms with Crippen molar-refractivity contribution in [2.24, 2.45) is 17.8 Å². The number of carbonyl (C=O) groups excluding carboxylic acids is 1. The molecular formula is C34H50O8. The van der Waals surface area contributed by atoms with Crippen LogP contribution in [0.5, 0.6) is 0 Å². The average molecular weight is 587 g/mol. The third-order valence-electron chi connectivity index (χ3n) is 9.85. The lowest BCUT2D eigenvalue weighted by Crippen LogP contribution is -2.58. The topological polar surface area (TPSA) is 104 Å². The molecule has 0 aromatic heterocycles. The zero-order valence-corrected chi connectivity index (χ0v) is 26.1. The summed E-state index contributed by atoms with van der Waals surface area (Å²) >= 11 is 0. The molecule has 8 nitrogen and oxygen atoms in total. The summed E-state index contributed by atoms with van der Waals surface area (Å²) in [6.45, 7) is 12.6. The van der Waals surface area contributed by atoms with Crippen LogP contribution in [0.4, 0.5) is 0 Å². The molecule has 3 fully saturated rings. The summed E-state index contributed by atoms with van der Waals surface area (Å²) in [5.74, 6) is -1.75. The average Bonchev–Trinajstić information content (AvgIpc) is 3.22. The number of hydrogen-bond donors (Lipinski definition) is 2. The Bertz CT molecular complexity index is 1120. The number of fused-ring (bicyclic) bond motifs is 2. The Labute approximate surface area is 250 Å². The highest BCUT2D eigenvalue weighted by molar-refractivity contribution is 5.78. The van der Waals surface area contributed by atoms with E-state index in [9.17, 15) is 15.0 Å². The van der Waals surface area contributed by atoms with E-state index in [1.165, 1.54) is 5.57 Å². The smallest absolute Gasteiger partial charge is 0.316 e. The Hall–Kier alpha value is -1.81. The quantitative estimate of drug-likeness (QED) is 0.340. The Morgan fingerprint density at radius 3 is 2.67 bits per heavy atom. The molecule has 0 radical (unpaired) electrons. The number of carbonyl (C=O) groups is 1. The van der Waals surface area contributed by atoms with Gasteiger partial charge in [-0.3, -0.25) is 4.79 Å². The van der Waals surface area contributed by atoms with Gasteiger partial charge >= 0.3 is 5.97 Å². The van der Waals surface area contributed by atoms with Gasteiger partial charge in [-0.1, -0.05) is 56.7 Å². The molecule has 0 aromatic rings. The first kappa shape index (κ1) is 31.6. The Morgan fingerprint density at radius 2 is 1.93 bits per heavy atom. The summed E-state index contributed by atoms with van der Waals surface area (Å²) in [5.41, 5.74) is 0.403. The van der Waals surface area contributed by atoms with E-state index >= 15 is 0 Å². The van der Waals surface area contributed by atoms with Crippen molar-refractivity contribution in [3.05, 3.63) is 47.1 Å². The normalized spacial score (nSPS) is 47.9. The van der Waals surface area contributed by atoms with E-state index < -0.39 is 47.9 Å². The fraction of sp³-hybridized carbons (Fsp3) is 0.735. The number of esters is 1. The third kappa shape index (κ3) is 6.08. The van der Waals surface area contributed by atoms with Crippen molar-refractivity contribution >= 4 is 5.97 Å². The minimum Gasteiger partial charge on any atom is -0.462 e. The highest BCUT2D eigenvalue weighted by atomic mass is 16.7. The number of hydrogen-bond acceptors (Lipinski definition) is 8. The molecule has 1 aliphatic carbocycles. The van der Waals surface area contributed by atoms with Crippen LogP contribution in [0.25, 0.3) is 0 Å². The third-order valence-corrected chi connectivity index (χ3v) is 9.85. The molecule has 4 aliphatic heterocycles. The van der Waals surface area contributed by atoms with Crippen molar-refractivity contribution < 1.29 is 38.7 Å². The van der Waals surface area contributed by atoms with Crippen molar-refractivity contribution in [1.82, 2.24) is 0 Å². The molecule has 11 atom stereocenters. The van der Waals surface area contributed by atoms with Crippen molar-refractivity contribution in [3.8, 4) is 0 Å². The second-order valence-electron chi connectivity index (χ2n) is 13.2. The monoisotopic (exact) mass is 586 g/mol. The number of rotatable bonds is 3. The van der Waals surface area contributed by atoms with Crippen LogP contribution < -0.4 is 0 Å². The summed E-state index contributed by atoms with van der Waals surface area (Å²) in [7, 11) is 0. The van der Waals surface area contributed by atoms with Gasteiger partial charge in [0, 0.05) is 31.4 Å². The van der Waals surface area contributed by atoms with Crippen LogP contribution in [-0.4, -0.2) is 71.0 Å². The highest BCUT2D eigenvalue weighted by Crippen LogP contribution is 2.49. The first-order chi connectivity index (χ1) is 20.0. The Balaban J connectivity index is 1.54. The fourth-order valence-electron chi connectivity index (χ4n) is 7.55. The molecule has 5 aliphatic rings. The fourth-order valence-corrected chi connectivity index (χ4v) is 7.55. The SMILES string of the molecule is CCO[C@H]1O[C@@H]2[C@H](O)C(C)=C[C@H]3C(=O)O[C@H]4C[C@@H](C/C=C(\C)C[C@@H](C)/C=C/C=C/1[C@]23O)O[C@@]1(CC[C@H](C)[C@@H](CC)O1)C4. The molecule has 2 bridgehead atoms. The molecule has 0 amide bonds. The predicted octanol–water partition coefficient (Wildman–Crippen LogP) is 5.29. The Morgan fingerprint density at radius 1 is 1.14 bits per heavy atom. The van der Waals surface area contributed by atoms with Gasteiger partial charge in [-0.05, 0) is 63.9 Å². The molecule has 0 aromatic carbocycles. The molecule has 234 valence electrons. The summed E-state index contributed by atoms with van der Waals surface area (Å²) < 4.78 is 31.6. The second kappa shape index (κ2) is 12.7. The second-order valence-corrected chi connectivity index (χ2v) is 13.2. The summed E-state index contributed by atoms with van der Waals surface area (Å²) in [6.07, 6.45) is 11.3. The van der Waals surface area contributed by atoms with E-state index in [1.807, 2.05) is 13.0 Å². The van der Waals surface area contributed by atoms with E-state index in [0.29, 0.717) is 42.9 Å². The first-order valence-corrected chi connectivity index (χ1v) is 16.0. The number of allylic oxidation sites excluding steroid dienone is 4. The van der Waals surface area contributed by atoms with Crippen LogP contribution >= 0.6 is 0 Å². The lowest BCUT2D eigenvalue weighted by Gasteiger charge is -2.50. The van der Waals surface area contributed by atoms with Gasteiger partial charge in [0.1, 0.15) is 29.8 Å². The summed E-state index contributed by atoms with van der Waals surface area (Å²) in [4.78, 5) is 14.1. The zero-order chi connectivity index (χ0) is 30.2. The van der Waals surface area contributed by atoms with Gasteiger partial charge in [0.2, 0.25) is 0 Å².